The molecule has 1 unspecified atom stereocenters. The minimum absolute atomic E-state index is 0.367. The number of nitrogen functional groups attached to an aromatic ring is 1. The van der Waals surface area contributed by atoms with Gasteiger partial charge in [0.15, 0.2) is 0 Å². The Bertz CT molecular complexity index is 541. The Hall–Kier alpha value is -1.89. The molecule has 18 heavy (non-hydrogen) atoms. The summed E-state index contributed by atoms with van der Waals surface area (Å²) in [6.07, 6.45) is 4.65. The summed E-state index contributed by atoms with van der Waals surface area (Å²) < 4.78 is 11.0. The highest BCUT2D eigenvalue weighted by Gasteiger charge is 2.35. The first-order valence-electron chi connectivity index (χ1n) is 5.96. The quantitative estimate of drug-likeness (QED) is 0.835. The van der Waals surface area contributed by atoms with Crippen LogP contribution in [0.1, 0.15) is 32.0 Å². The van der Waals surface area contributed by atoms with Crippen molar-refractivity contribution in [3.8, 4) is 11.5 Å². The Kier molecular flexibility index (Phi) is 2.55. The first-order valence-corrected chi connectivity index (χ1v) is 5.96. The summed E-state index contributed by atoms with van der Waals surface area (Å²) in [6.45, 7) is 2.72. The zero-order valence-corrected chi connectivity index (χ0v) is 10.1. The third-order valence-corrected chi connectivity index (χ3v) is 3.27. The standard InChI is InChI=1S/C11H15N5O2/c1-11(4-2-3-5-17-11)10-14-9(18-16-10)7-6-13-15-8(7)12/h6H,2-5H2,1H3,(H3,12,13,15). The average molecular weight is 249 g/mol. The number of hydrogen-bond donors (Lipinski definition) is 2. The Morgan fingerprint density at radius 1 is 1.44 bits per heavy atom. The van der Waals surface area contributed by atoms with Gasteiger partial charge in [-0.25, -0.2) is 0 Å². The first-order chi connectivity index (χ1) is 8.69. The number of nitrogens with one attached hydrogen (secondary N) is 1. The van der Waals surface area contributed by atoms with Crippen LogP contribution < -0.4 is 5.73 Å². The predicted octanol–water partition coefficient (Wildman–Crippen LogP) is 1.46. The molecule has 1 saturated heterocycles. The lowest BCUT2D eigenvalue weighted by Gasteiger charge is -2.30. The van der Waals surface area contributed by atoms with Gasteiger partial charge in [-0.2, -0.15) is 10.1 Å². The van der Waals surface area contributed by atoms with E-state index in [0.29, 0.717) is 23.1 Å². The average Bonchev–Trinajstić information content (AvgIpc) is 2.98. The van der Waals surface area contributed by atoms with Crippen molar-refractivity contribution in [3.05, 3.63) is 12.0 Å². The Morgan fingerprint density at radius 3 is 3.00 bits per heavy atom. The molecular formula is C11H15N5O2. The smallest absolute Gasteiger partial charge is 0.263 e. The van der Waals surface area contributed by atoms with Gasteiger partial charge in [0.2, 0.25) is 5.82 Å². The largest absolute Gasteiger partial charge is 0.383 e. The number of rotatable bonds is 2. The van der Waals surface area contributed by atoms with Gasteiger partial charge in [0.1, 0.15) is 17.0 Å². The number of hydrogen-bond acceptors (Lipinski definition) is 6. The highest BCUT2D eigenvalue weighted by molar-refractivity contribution is 5.65. The third-order valence-electron chi connectivity index (χ3n) is 3.27. The van der Waals surface area contributed by atoms with Crippen molar-refractivity contribution in [1.29, 1.82) is 0 Å². The highest BCUT2D eigenvalue weighted by Crippen LogP contribution is 2.34. The summed E-state index contributed by atoms with van der Waals surface area (Å²) in [5.41, 5.74) is 5.88. The molecule has 0 amide bonds. The van der Waals surface area contributed by atoms with E-state index < -0.39 is 5.60 Å². The topological polar surface area (TPSA) is 103 Å². The van der Waals surface area contributed by atoms with Gasteiger partial charge >= 0.3 is 0 Å². The van der Waals surface area contributed by atoms with Gasteiger partial charge in [-0.1, -0.05) is 5.16 Å². The maximum absolute atomic E-state index is 5.77. The van der Waals surface area contributed by atoms with E-state index in [-0.39, 0.29) is 0 Å². The van der Waals surface area contributed by atoms with Crippen LogP contribution in [-0.4, -0.2) is 26.9 Å². The number of nitrogens with two attached hydrogens (primary N) is 1. The summed E-state index contributed by atoms with van der Waals surface area (Å²) in [4.78, 5) is 4.37. The van der Waals surface area contributed by atoms with Gasteiger partial charge in [-0.05, 0) is 26.2 Å². The molecule has 0 aromatic carbocycles. The molecule has 0 aliphatic carbocycles. The summed E-state index contributed by atoms with van der Waals surface area (Å²) >= 11 is 0. The maximum Gasteiger partial charge on any atom is 0.263 e. The molecule has 0 bridgehead atoms. The Morgan fingerprint density at radius 2 is 2.33 bits per heavy atom. The second kappa shape index (κ2) is 4.09. The van der Waals surface area contributed by atoms with Crippen LogP contribution in [0.4, 0.5) is 5.82 Å². The molecular weight excluding hydrogens is 234 g/mol. The number of nitrogens with zero attached hydrogens (tertiary/aromatic N) is 3. The van der Waals surface area contributed by atoms with Gasteiger partial charge < -0.3 is 15.0 Å². The lowest BCUT2D eigenvalue weighted by atomic mass is 9.95. The van der Waals surface area contributed by atoms with Gasteiger partial charge in [-0.3, -0.25) is 5.10 Å². The summed E-state index contributed by atoms with van der Waals surface area (Å²) in [5, 5.41) is 10.5. The van der Waals surface area contributed by atoms with Gasteiger partial charge in [0.05, 0.1) is 6.20 Å². The molecule has 0 saturated carbocycles. The number of H-pyrrole nitrogens is 1. The van der Waals surface area contributed by atoms with Crippen LogP contribution in [-0.2, 0) is 10.3 Å². The second-order valence-corrected chi connectivity index (χ2v) is 4.66. The lowest BCUT2D eigenvalue weighted by Crippen LogP contribution is -2.31. The SMILES string of the molecule is CC1(c2noc(-c3cn[nH]c3N)n2)CCCCO1. The minimum Gasteiger partial charge on any atom is -0.383 e. The molecule has 0 spiro atoms. The monoisotopic (exact) mass is 249 g/mol. The third kappa shape index (κ3) is 1.76. The van der Waals surface area contributed by atoms with Crippen LogP contribution in [0.15, 0.2) is 10.7 Å². The zero-order valence-electron chi connectivity index (χ0n) is 10.1. The molecule has 3 rings (SSSR count). The number of anilines is 1. The van der Waals surface area contributed by atoms with Crippen molar-refractivity contribution in [3.63, 3.8) is 0 Å². The van der Waals surface area contributed by atoms with Crippen molar-refractivity contribution in [2.45, 2.75) is 31.8 Å². The Balaban J connectivity index is 1.92. The predicted molar refractivity (Wildman–Crippen MR) is 63.4 cm³/mol. The zero-order chi connectivity index (χ0) is 12.6. The van der Waals surface area contributed by atoms with E-state index >= 15 is 0 Å². The summed E-state index contributed by atoms with van der Waals surface area (Å²) in [6, 6.07) is 0. The molecule has 2 aromatic rings. The van der Waals surface area contributed by atoms with Gasteiger partial charge in [-0.15, -0.1) is 0 Å². The van der Waals surface area contributed by atoms with Gasteiger partial charge in [0, 0.05) is 6.61 Å². The van der Waals surface area contributed by atoms with Crippen LogP contribution in [0, 0.1) is 0 Å². The molecule has 7 nitrogen and oxygen atoms in total. The van der Waals surface area contributed by atoms with Crippen molar-refractivity contribution >= 4 is 5.82 Å². The molecule has 2 aromatic heterocycles. The number of ether oxygens (including phenoxy) is 1. The number of aromatic amines is 1. The summed E-state index contributed by atoms with van der Waals surface area (Å²) in [7, 11) is 0. The van der Waals surface area contributed by atoms with E-state index in [2.05, 4.69) is 20.3 Å². The van der Waals surface area contributed by atoms with Crippen molar-refractivity contribution < 1.29 is 9.26 Å². The fraction of sp³-hybridized carbons (Fsp3) is 0.545. The van der Waals surface area contributed by atoms with E-state index in [1.807, 2.05) is 6.92 Å². The maximum atomic E-state index is 5.77. The van der Waals surface area contributed by atoms with Gasteiger partial charge in [0.25, 0.3) is 5.89 Å². The molecule has 3 heterocycles. The van der Waals surface area contributed by atoms with E-state index in [9.17, 15) is 0 Å². The molecule has 96 valence electrons. The van der Waals surface area contributed by atoms with E-state index in [4.69, 9.17) is 15.0 Å². The molecule has 7 heteroatoms. The van der Waals surface area contributed by atoms with Crippen LogP contribution >= 0.6 is 0 Å². The molecule has 3 N–H and O–H groups in total. The van der Waals surface area contributed by atoms with E-state index in [1.165, 1.54) is 0 Å². The van der Waals surface area contributed by atoms with E-state index in [0.717, 1.165) is 25.9 Å². The lowest BCUT2D eigenvalue weighted by molar-refractivity contribution is -0.0770. The van der Waals surface area contributed by atoms with Crippen LogP contribution in [0.5, 0.6) is 0 Å². The molecule has 1 aliphatic rings. The first kappa shape index (κ1) is 11.2. The minimum atomic E-state index is -0.460. The molecule has 1 fully saturated rings. The van der Waals surface area contributed by atoms with Crippen molar-refractivity contribution in [1.82, 2.24) is 20.3 Å². The highest BCUT2D eigenvalue weighted by atomic mass is 16.5. The van der Waals surface area contributed by atoms with Crippen molar-refractivity contribution in [2.24, 2.45) is 0 Å². The molecule has 0 radical (unpaired) electrons. The van der Waals surface area contributed by atoms with E-state index in [1.54, 1.807) is 6.20 Å². The van der Waals surface area contributed by atoms with Crippen LogP contribution in [0.2, 0.25) is 0 Å². The number of aromatic nitrogens is 4. The fourth-order valence-electron chi connectivity index (χ4n) is 2.12. The second-order valence-electron chi connectivity index (χ2n) is 4.66. The molecule has 1 atom stereocenters. The molecule has 1 aliphatic heterocycles. The van der Waals surface area contributed by atoms with Crippen LogP contribution in [0.3, 0.4) is 0 Å². The summed E-state index contributed by atoms with van der Waals surface area (Å²) in [5.74, 6) is 1.35. The normalized spacial score (nSPS) is 24.3. The van der Waals surface area contributed by atoms with Crippen molar-refractivity contribution in [2.75, 3.05) is 12.3 Å². The fourth-order valence-corrected chi connectivity index (χ4v) is 2.12. The van der Waals surface area contributed by atoms with Crippen LogP contribution in [0.25, 0.3) is 11.5 Å². The Labute approximate surface area is 104 Å².